The molecule has 0 saturated heterocycles. The zero-order chi connectivity index (χ0) is 21.4. The van der Waals surface area contributed by atoms with Gasteiger partial charge in [0.25, 0.3) is 11.8 Å². The van der Waals surface area contributed by atoms with Crippen LogP contribution in [0.4, 0.5) is 9.39 Å². The van der Waals surface area contributed by atoms with Crippen molar-refractivity contribution in [2.45, 2.75) is 52.0 Å². The quantitative estimate of drug-likeness (QED) is 0.449. The molecule has 3 aromatic rings. The van der Waals surface area contributed by atoms with Crippen molar-refractivity contribution in [2.24, 2.45) is 0 Å². The molecule has 8 heteroatoms. The van der Waals surface area contributed by atoms with E-state index in [0.717, 1.165) is 47.5 Å². The topological polar surface area (TPSA) is 58.2 Å². The Morgan fingerprint density at radius 3 is 2.60 bits per heavy atom. The zero-order valence-corrected chi connectivity index (χ0v) is 19.1. The van der Waals surface area contributed by atoms with E-state index < -0.39 is 11.7 Å². The van der Waals surface area contributed by atoms with Gasteiger partial charge in [0.1, 0.15) is 15.7 Å². The van der Waals surface area contributed by atoms with E-state index in [1.165, 1.54) is 17.4 Å². The van der Waals surface area contributed by atoms with Gasteiger partial charge >= 0.3 is 0 Å². The van der Waals surface area contributed by atoms with Crippen LogP contribution in [-0.4, -0.2) is 17.9 Å². The lowest BCUT2D eigenvalue weighted by atomic mass is 10.1. The first-order valence-corrected chi connectivity index (χ1v) is 12.0. The molecular weight excluding hydrogens is 443 g/mol. The molecule has 0 spiro atoms. The largest absolute Gasteiger partial charge is 0.349 e. The van der Waals surface area contributed by atoms with Crippen LogP contribution in [0, 0.1) is 12.7 Å². The first-order valence-electron chi connectivity index (χ1n) is 10.0. The zero-order valence-electron chi connectivity index (χ0n) is 16.7. The second kappa shape index (κ2) is 8.65. The first-order chi connectivity index (χ1) is 14.4. The van der Waals surface area contributed by atoms with E-state index in [9.17, 15) is 14.0 Å². The lowest BCUT2D eigenvalue weighted by Crippen LogP contribution is -2.33. The number of halogens is 2. The highest BCUT2D eigenvalue weighted by Gasteiger charge is 2.27. The summed E-state index contributed by atoms with van der Waals surface area (Å²) in [6.45, 7) is 3.95. The molecular formula is C22H22ClFN2O2S2. The lowest BCUT2D eigenvalue weighted by molar-refractivity contribution is 0.0938. The highest BCUT2D eigenvalue weighted by atomic mass is 35.5. The number of anilines is 1. The fourth-order valence-electron chi connectivity index (χ4n) is 4.04. The third-order valence-corrected chi connectivity index (χ3v) is 8.23. The monoisotopic (exact) mass is 464 g/mol. The average Bonchev–Trinajstić information content (AvgIpc) is 3.40. The standard InChI is InChI=1S/C22H22ClFN2O2S2/c1-3-13-11(2)29-22(16(13)20(27)25-12-7-4-5-8-12)26-21(28)19-18(23)17-14(24)9-6-10-15(17)30-19/h6,9-10,12H,3-5,7-8H2,1-2H3,(H,25,27)(H,26,28). The molecule has 2 heterocycles. The molecule has 1 aromatic carbocycles. The molecule has 158 valence electrons. The molecule has 0 unspecified atom stereocenters. The maximum atomic E-state index is 14.2. The number of aryl methyl sites for hydroxylation is 1. The number of nitrogens with one attached hydrogen (secondary N) is 2. The SMILES string of the molecule is CCc1c(C)sc(NC(=O)c2sc3cccc(F)c3c2Cl)c1C(=O)NC1CCCC1. The number of carbonyl (C=O) groups excluding carboxylic acids is 2. The third-order valence-electron chi connectivity index (χ3n) is 5.52. The second-order valence-electron chi connectivity index (χ2n) is 7.46. The number of rotatable bonds is 5. The van der Waals surface area contributed by atoms with Crippen LogP contribution in [0.3, 0.4) is 0 Å². The van der Waals surface area contributed by atoms with Gasteiger partial charge < -0.3 is 10.6 Å². The average molecular weight is 465 g/mol. The van der Waals surface area contributed by atoms with Crippen molar-refractivity contribution < 1.29 is 14.0 Å². The molecule has 2 aromatic heterocycles. The normalized spacial score (nSPS) is 14.4. The maximum Gasteiger partial charge on any atom is 0.267 e. The van der Waals surface area contributed by atoms with Crippen LogP contribution in [-0.2, 0) is 6.42 Å². The summed E-state index contributed by atoms with van der Waals surface area (Å²) in [6, 6.07) is 4.83. The molecule has 0 radical (unpaired) electrons. The van der Waals surface area contributed by atoms with Gasteiger partial charge in [-0.15, -0.1) is 22.7 Å². The lowest BCUT2D eigenvalue weighted by Gasteiger charge is -2.14. The van der Waals surface area contributed by atoms with Gasteiger partial charge in [-0.2, -0.15) is 0 Å². The predicted octanol–water partition coefficient (Wildman–Crippen LogP) is 6.55. The van der Waals surface area contributed by atoms with Crippen LogP contribution in [0.15, 0.2) is 18.2 Å². The molecule has 1 aliphatic rings. The van der Waals surface area contributed by atoms with E-state index in [1.54, 1.807) is 12.1 Å². The number of benzene rings is 1. The number of hydrogen-bond acceptors (Lipinski definition) is 4. The van der Waals surface area contributed by atoms with Gasteiger partial charge in [0.15, 0.2) is 0 Å². The smallest absolute Gasteiger partial charge is 0.267 e. The van der Waals surface area contributed by atoms with Crippen LogP contribution in [0.25, 0.3) is 10.1 Å². The van der Waals surface area contributed by atoms with Gasteiger partial charge in [0.05, 0.1) is 10.6 Å². The molecule has 4 nitrogen and oxygen atoms in total. The Hall–Kier alpha value is -1.96. The highest BCUT2D eigenvalue weighted by molar-refractivity contribution is 7.22. The molecule has 2 amide bonds. The predicted molar refractivity (Wildman–Crippen MR) is 123 cm³/mol. The summed E-state index contributed by atoms with van der Waals surface area (Å²) in [5.41, 5.74) is 1.47. The van der Waals surface area contributed by atoms with Gasteiger partial charge in [-0.05, 0) is 43.9 Å². The highest BCUT2D eigenvalue weighted by Crippen LogP contribution is 2.39. The van der Waals surface area contributed by atoms with E-state index >= 15 is 0 Å². The number of hydrogen-bond donors (Lipinski definition) is 2. The molecule has 0 aliphatic heterocycles. The maximum absolute atomic E-state index is 14.2. The molecule has 0 atom stereocenters. The summed E-state index contributed by atoms with van der Waals surface area (Å²) in [6.07, 6.45) is 4.92. The number of thiophene rings is 2. The van der Waals surface area contributed by atoms with Crippen LogP contribution in [0.2, 0.25) is 5.02 Å². The fourth-order valence-corrected chi connectivity index (χ4v) is 6.63. The van der Waals surface area contributed by atoms with Crippen LogP contribution < -0.4 is 10.6 Å². The van der Waals surface area contributed by atoms with E-state index in [2.05, 4.69) is 10.6 Å². The number of fused-ring (bicyclic) bond motifs is 1. The van der Waals surface area contributed by atoms with E-state index in [-0.39, 0.29) is 27.2 Å². The van der Waals surface area contributed by atoms with Gasteiger partial charge in [0.2, 0.25) is 0 Å². The van der Waals surface area contributed by atoms with Crippen molar-refractivity contribution in [1.82, 2.24) is 5.32 Å². The molecule has 1 fully saturated rings. The Balaban J connectivity index is 1.66. The van der Waals surface area contributed by atoms with Crippen molar-refractivity contribution in [3.63, 3.8) is 0 Å². The summed E-state index contributed by atoms with van der Waals surface area (Å²) in [5, 5.41) is 6.86. The van der Waals surface area contributed by atoms with Crippen molar-refractivity contribution in [1.29, 1.82) is 0 Å². The van der Waals surface area contributed by atoms with E-state index in [1.807, 2.05) is 13.8 Å². The number of carbonyl (C=O) groups is 2. The molecule has 30 heavy (non-hydrogen) atoms. The Morgan fingerprint density at radius 1 is 1.20 bits per heavy atom. The Kier molecular flexibility index (Phi) is 6.14. The van der Waals surface area contributed by atoms with Gasteiger partial charge in [-0.25, -0.2) is 4.39 Å². The minimum atomic E-state index is -0.454. The van der Waals surface area contributed by atoms with Crippen molar-refractivity contribution in [3.8, 4) is 0 Å². The Labute approximate surface area is 187 Å². The van der Waals surface area contributed by atoms with Gasteiger partial charge in [-0.3, -0.25) is 9.59 Å². The molecule has 1 aliphatic carbocycles. The molecule has 1 saturated carbocycles. The minimum Gasteiger partial charge on any atom is -0.349 e. The minimum absolute atomic E-state index is 0.103. The summed E-state index contributed by atoms with van der Waals surface area (Å²) in [7, 11) is 0. The van der Waals surface area contributed by atoms with Crippen molar-refractivity contribution >= 4 is 61.2 Å². The van der Waals surface area contributed by atoms with Crippen LogP contribution in [0.5, 0.6) is 0 Å². The summed E-state index contributed by atoms with van der Waals surface area (Å²) in [4.78, 5) is 27.3. The molecule has 4 rings (SSSR count). The summed E-state index contributed by atoms with van der Waals surface area (Å²) in [5.74, 6) is -1.03. The van der Waals surface area contributed by atoms with Crippen molar-refractivity contribution in [3.05, 3.63) is 49.9 Å². The first kappa shape index (κ1) is 21.3. The summed E-state index contributed by atoms with van der Waals surface area (Å²) >= 11 is 8.86. The van der Waals surface area contributed by atoms with Gasteiger partial charge in [0, 0.05) is 21.0 Å². The van der Waals surface area contributed by atoms with Crippen LogP contribution >= 0.6 is 34.3 Å². The molecule has 0 bridgehead atoms. The summed E-state index contributed by atoms with van der Waals surface area (Å²) < 4.78 is 14.8. The Bertz CT molecular complexity index is 1130. The fraction of sp³-hybridized carbons (Fsp3) is 0.364. The van der Waals surface area contributed by atoms with Crippen LogP contribution in [0.1, 0.15) is 63.1 Å². The third kappa shape index (κ3) is 3.86. The molecule has 2 N–H and O–H groups in total. The van der Waals surface area contributed by atoms with E-state index in [4.69, 9.17) is 11.6 Å². The van der Waals surface area contributed by atoms with Gasteiger partial charge in [-0.1, -0.05) is 37.4 Å². The Morgan fingerprint density at radius 2 is 1.93 bits per heavy atom. The second-order valence-corrected chi connectivity index (χ2v) is 10.1. The number of amides is 2. The van der Waals surface area contributed by atoms with E-state index in [0.29, 0.717) is 21.7 Å². The van der Waals surface area contributed by atoms with Crippen molar-refractivity contribution in [2.75, 3.05) is 5.32 Å².